The van der Waals surface area contributed by atoms with Crippen LogP contribution in [0, 0.1) is 0 Å². The van der Waals surface area contributed by atoms with E-state index in [4.69, 9.17) is 4.74 Å². The molecule has 0 atom stereocenters. The van der Waals surface area contributed by atoms with Gasteiger partial charge in [0.2, 0.25) is 0 Å². The van der Waals surface area contributed by atoms with Gasteiger partial charge in [-0.2, -0.15) is 0 Å². The van der Waals surface area contributed by atoms with Crippen molar-refractivity contribution in [2.75, 3.05) is 26.3 Å². The molecule has 0 amide bonds. The van der Waals surface area contributed by atoms with E-state index in [-0.39, 0.29) is 5.78 Å². The minimum Gasteiger partial charge on any atom is -0.379 e. The summed E-state index contributed by atoms with van der Waals surface area (Å²) in [6.07, 6.45) is 2.20. The first kappa shape index (κ1) is 15.2. The van der Waals surface area contributed by atoms with Crippen LogP contribution in [0.5, 0.6) is 0 Å². The number of ether oxygens (including phenoxy) is 1. The molecular formula is C17H25NO2. The molecular weight excluding hydrogens is 250 g/mol. The first-order valence-corrected chi connectivity index (χ1v) is 7.52. The van der Waals surface area contributed by atoms with Gasteiger partial charge in [-0.3, -0.25) is 9.69 Å². The van der Waals surface area contributed by atoms with Crippen LogP contribution in [-0.2, 0) is 11.2 Å². The van der Waals surface area contributed by atoms with Crippen LogP contribution in [0.3, 0.4) is 0 Å². The van der Waals surface area contributed by atoms with Crippen LogP contribution in [0.1, 0.15) is 43.1 Å². The molecule has 0 N–H and O–H groups in total. The first-order chi connectivity index (χ1) is 9.55. The molecule has 0 unspecified atom stereocenters. The Morgan fingerprint density at radius 3 is 2.35 bits per heavy atom. The molecule has 1 heterocycles. The number of aryl methyl sites for hydroxylation is 1. The molecule has 20 heavy (non-hydrogen) atoms. The van der Waals surface area contributed by atoms with E-state index in [1.54, 1.807) is 0 Å². The standard InChI is InChI=1S/C17H25NO2/c1-4-5-14-6-8-15(9-7-14)16(19)17(2,3)18-10-12-20-13-11-18/h6-9H,4-5,10-13H2,1-3H3. The fourth-order valence-corrected chi connectivity index (χ4v) is 2.73. The predicted molar refractivity (Wildman–Crippen MR) is 81.2 cm³/mol. The Bertz CT molecular complexity index is 445. The lowest BCUT2D eigenvalue weighted by molar-refractivity contribution is -0.00429. The number of Topliss-reactive ketones (excluding diaryl/α,β-unsaturated/α-hetero) is 1. The Morgan fingerprint density at radius 1 is 1.20 bits per heavy atom. The van der Waals surface area contributed by atoms with Crippen LogP contribution in [0.2, 0.25) is 0 Å². The monoisotopic (exact) mass is 275 g/mol. The van der Waals surface area contributed by atoms with E-state index in [9.17, 15) is 4.79 Å². The number of nitrogens with zero attached hydrogens (tertiary/aromatic N) is 1. The quantitative estimate of drug-likeness (QED) is 0.774. The summed E-state index contributed by atoms with van der Waals surface area (Å²) >= 11 is 0. The number of carbonyl (C=O) groups is 1. The summed E-state index contributed by atoms with van der Waals surface area (Å²) in [5, 5.41) is 0. The van der Waals surface area contributed by atoms with Crippen LogP contribution >= 0.6 is 0 Å². The molecule has 3 heteroatoms. The first-order valence-electron chi connectivity index (χ1n) is 7.52. The fraction of sp³-hybridized carbons (Fsp3) is 0.588. The molecule has 0 bridgehead atoms. The van der Waals surface area contributed by atoms with Crippen molar-refractivity contribution in [1.29, 1.82) is 0 Å². The fourth-order valence-electron chi connectivity index (χ4n) is 2.73. The minimum absolute atomic E-state index is 0.197. The minimum atomic E-state index is -0.462. The molecule has 110 valence electrons. The van der Waals surface area contributed by atoms with Crippen molar-refractivity contribution in [3.63, 3.8) is 0 Å². The summed E-state index contributed by atoms with van der Waals surface area (Å²) in [6, 6.07) is 8.09. The van der Waals surface area contributed by atoms with Gasteiger partial charge < -0.3 is 4.74 Å². The SMILES string of the molecule is CCCc1ccc(C(=O)C(C)(C)N2CCOCC2)cc1. The molecule has 0 radical (unpaired) electrons. The zero-order chi connectivity index (χ0) is 14.6. The van der Waals surface area contributed by atoms with Crippen molar-refractivity contribution in [3.8, 4) is 0 Å². The van der Waals surface area contributed by atoms with Crippen LogP contribution in [0.25, 0.3) is 0 Å². The second-order valence-corrected chi connectivity index (χ2v) is 5.93. The summed E-state index contributed by atoms with van der Waals surface area (Å²) in [5.41, 5.74) is 1.64. The third-order valence-corrected chi connectivity index (χ3v) is 4.11. The number of rotatable bonds is 5. The zero-order valence-corrected chi connectivity index (χ0v) is 12.8. The molecule has 1 aromatic carbocycles. The van der Waals surface area contributed by atoms with E-state index < -0.39 is 5.54 Å². The molecule has 1 aliphatic rings. The summed E-state index contributed by atoms with van der Waals surface area (Å²) in [5.74, 6) is 0.197. The maximum Gasteiger partial charge on any atom is 0.182 e. The Hall–Kier alpha value is -1.19. The number of carbonyl (C=O) groups excluding carboxylic acids is 1. The number of morpholine rings is 1. The molecule has 1 fully saturated rings. The largest absolute Gasteiger partial charge is 0.379 e. The molecule has 1 saturated heterocycles. The number of hydrogen-bond acceptors (Lipinski definition) is 3. The lowest BCUT2D eigenvalue weighted by Crippen LogP contribution is -2.54. The van der Waals surface area contributed by atoms with E-state index in [0.29, 0.717) is 13.2 Å². The third-order valence-electron chi connectivity index (χ3n) is 4.11. The predicted octanol–water partition coefficient (Wildman–Crippen LogP) is 2.93. The van der Waals surface area contributed by atoms with Crippen LogP contribution < -0.4 is 0 Å². The van der Waals surface area contributed by atoms with Crippen LogP contribution in [-0.4, -0.2) is 42.5 Å². The molecule has 0 spiro atoms. The maximum absolute atomic E-state index is 12.8. The summed E-state index contributed by atoms with van der Waals surface area (Å²) < 4.78 is 5.37. The number of hydrogen-bond donors (Lipinski definition) is 0. The van der Waals surface area contributed by atoms with Gasteiger partial charge in [-0.05, 0) is 25.8 Å². The average Bonchev–Trinajstić information content (AvgIpc) is 2.48. The Balaban J connectivity index is 2.12. The Kier molecular flexibility index (Phi) is 4.95. The maximum atomic E-state index is 12.8. The highest BCUT2D eigenvalue weighted by atomic mass is 16.5. The van der Waals surface area contributed by atoms with Gasteiger partial charge in [-0.1, -0.05) is 37.6 Å². The zero-order valence-electron chi connectivity index (χ0n) is 12.8. The average molecular weight is 275 g/mol. The van der Waals surface area contributed by atoms with Gasteiger partial charge in [0, 0.05) is 18.7 Å². The second kappa shape index (κ2) is 6.51. The molecule has 3 nitrogen and oxygen atoms in total. The summed E-state index contributed by atoms with van der Waals surface area (Å²) in [4.78, 5) is 15.0. The molecule has 1 aromatic rings. The smallest absolute Gasteiger partial charge is 0.182 e. The van der Waals surface area contributed by atoms with Gasteiger partial charge in [0.15, 0.2) is 5.78 Å². The van der Waals surface area contributed by atoms with Crippen molar-refractivity contribution in [1.82, 2.24) is 4.90 Å². The van der Waals surface area contributed by atoms with Crippen LogP contribution in [0.4, 0.5) is 0 Å². The van der Waals surface area contributed by atoms with E-state index in [0.717, 1.165) is 31.5 Å². The van der Waals surface area contributed by atoms with Gasteiger partial charge in [-0.15, -0.1) is 0 Å². The van der Waals surface area contributed by atoms with Crippen molar-refractivity contribution >= 4 is 5.78 Å². The van der Waals surface area contributed by atoms with Crippen molar-refractivity contribution in [2.45, 2.75) is 39.2 Å². The second-order valence-electron chi connectivity index (χ2n) is 5.93. The van der Waals surface area contributed by atoms with Crippen molar-refractivity contribution in [2.24, 2.45) is 0 Å². The van der Waals surface area contributed by atoms with E-state index in [1.807, 2.05) is 26.0 Å². The molecule has 1 aliphatic heterocycles. The van der Waals surface area contributed by atoms with Gasteiger partial charge >= 0.3 is 0 Å². The van der Waals surface area contributed by atoms with E-state index in [2.05, 4.69) is 24.0 Å². The Morgan fingerprint density at radius 2 is 1.80 bits per heavy atom. The summed E-state index contributed by atoms with van der Waals surface area (Å²) in [7, 11) is 0. The Labute approximate surface area is 121 Å². The van der Waals surface area contributed by atoms with E-state index in [1.165, 1.54) is 5.56 Å². The van der Waals surface area contributed by atoms with Crippen LogP contribution in [0.15, 0.2) is 24.3 Å². The molecule has 0 saturated carbocycles. The van der Waals surface area contributed by atoms with Crippen molar-refractivity contribution < 1.29 is 9.53 Å². The molecule has 0 aliphatic carbocycles. The normalized spacial score (nSPS) is 17.1. The highest BCUT2D eigenvalue weighted by Crippen LogP contribution is 2.22. The summed E-state index contributed by atoms with van der Waals surface area (Å²) in [6.45, 7) is 9.28. The van der Waals surface area contributed by atoms with Gasteiger partial charge in [0.25, 0.3) is 0 Å². The van der Waals surface area contributed by atoms with Gasteiger partial charge in [-0.25, -0.2) is 0 Å². The number of benzene rings is 1. The van der Waals surface area contributed by atoms with Gasteiger partial charge in [0.05, 0.1) is 18.8 Å². The lowest BCUT2D eigenvalue weighted by Gasteiger charge is -2.39. The highest BCUT2D eigenvalue weighted by molar-refractivity contribution is 6.02. The highest BCUT2D eigenvalue weighted by Gasteiger charge is 2.35. The topological polar surface area (TPSA) is 29.5 Å². The van der Waals surface area contributed by atoms with Gasteiger partial charge in [0.1, 0.15) is 0 Å². The molecule has 0 aromatic heterocycles. The lowest BCUT2D eigenvalue weighted by atomic mass is 9.90. The van der Waals surface area contributed by atoms with E-state index >= 15 is 0 Å². The van der Waals surface area contributed by atoms with Crippen molar-refractivity contribution in [3.05, 3.63) is 35.4 Å². The number of ketones is 1. The third kappa shape index (κ3) is 3.28. The molecule has 2 rings (SSSR count).